The molecule has 0 aromatic heterocycles. The first-order valence-corrected chi connectivity index (χ1v) is 5.59. The fraction of sp³-hybridized carbons (Fsp3) is 0.636. The summed E-state index contributed by atoms with van der Waals surface area (Å²) in [5.41, 5.74) is 3.85. The molecule has 0 rings (SSSR count). The molecule has 19 heavy (non-hydrogen) atoms. The van der Waals surface area contributed by atoms with Gasteiger partial charge in [-0.05, 0) is 0 Å². The van der Waals surface area contributed by atoms with Crippen LogP contribution in [0.4, 0.5) is 0 Å². The van der Waals surface area contributed by atoms with Crippen molar-refractivity contribution in [1.82, 2.24) is 10.6 Å². The van der Waals surface area contributed by atoms with Gasteiger partial charge in [-0.3, -0.25) is 19.2 Å². The molecule has 0 unspecified atom stereocenters. The molecular formula is C11H19N3O5. The fourth-order valence-corrected chi connectivity index (χ4v) is 1.16. The number of carbonyl (C=O) groups is 4. The van der Waals surface area contributed by atoms with Crippen molar-refractivity contribution in [2.75, 3.05) is 20.2 Å². The van der Waals surface area contributed by atoms with E-state index in [1.165, 1.54) is 7.11 Å². The van der Waals surface area contributed by atoms with E-state index in [2.05, 4.69) is 15.4 Å². The molecule has 0 heterocycles. The van der Waals surface area contributed by atoms with E-state index in [0.717, 1.165) is 0 Å². The molecule has 0 aromatic carbocycles. The molecule has 4 N–H and O–H groups in total. The quantitative estimate of drug-likeness (QED) is 0.476. The molecule has 0 aliphatic carbocycles. The Morgan fingerprint density at radius 3 is 2.16 bits per heavy atom. The molecule has 0 atom stereocenters. The summed E-state index contributed by atoms with van der Waals surface area (Å²) in [5.74, 6) is -2.20. The van der Waals surface area contributed by atoms with E-state index in [1.54, 1.807) is 13.8 Å². The van der Waals surface area contributed by atoms with Crippen LogP contribution in [0.15, 0.2) is 0 Å². The SMILES string of the molecule is COC(=O)CC(C)(C)C(=O)NCC(=O)NCC(N)=O. The molecule has 8 nitrogen and oxygen atoms in total. The summed E-state index contributed by atoms with van der Waals surface area (Å²) in [6.07, 6.45) is -0.0990. The fourth-order valence-electron chi connectivity index (χ4n) is 1.16. The van der Waals surface area contributed by atoms with E-state index in [9.17, 15) is 19.2 Å². The van der Waals surface area contributed by atoms with E-state index >= 15 is 0 Å². The number of esters is 1. The summed E-state index contributed by atoms with van der Waals surface area (Å²) < 4.78 is 4.48. The molecule has 0 radical (unpaired) electrons. The first kappa shape index (κ1) is 16.9. The van der Waals surface area contributed by atoms with E-state index in [-0.39, 0.29) is 19.5 Å². The first-order chi connectivity index (χ1) is 8.69. The molecule has 0 spiro atoms. The number of hydrogen-bond acceptors (Lipinski definition) is 5. The second-order valence-electron chi connectivity index (χ2n) is 4.56. The number of carbonyl (C=O) groups excluding carboxylic acids is 4. The molecular weight excluding hydrogens is 254 g/mol. The average Bonchev–Trinajstić information content (AvgIpc) is 2.32. The number of methoxy groups -OCH3 is 1. The minimum Gasteiger partial charge on any atom is -0.469 e. The van der Waals surface area contributed by atoms with Crippen LogP contribution in [0, 0.1) is 5.41 Å². The lowest BCUT2D eigenvalue weighted by Crippen LogP contribution is -2.45. The van der Waals surface area contributed by atoms with E-state index in [4.69, 9.17) is 5.73 Å². The summed E-state index contributed by atoms with van der Waals surface area (Å²) in [7, 11) is 1.23. The molecule has 0 aliphatic rings. The second kappa shape index (κ2) is 7.34. The summed E-state index contributed by atoms with van der Waals surface area (Å²) >= 11 is 0. The van der Waals surface area contributed by atoms with Crippen molar-refractivity contribution in [3.8, 4) is 0 Å². The highest BCUT2D eigenvalue weighted by molar-refractivity contribution is 5.91. The van der Waals surface area contributed by atoms with E-state index in [0.29, 0.717) is 0 Å². The van der Waals surface area contributed by atoms with Gasteiger partial charge in [0.1, 0.15) is 0 Å². The van der Waals surface area contributed by atoms with E-state index in [1.807, 2.05) is 0 Å². The van der Waals surface area contributed by atoms with Crippen molar-refractivity contribution in [2.24, 2.45) is 11.1 Å². The van der Waals surface area contributed by atoms with Crippen LogP contribution in [-0.4, -0.2) is 43.9 Å². The third-order valence-corrected chi connectivity index (χ3v) is 2.30. The van der Waals surface area contributed by atoms with Crippen LogP contribution in [0.5, 0.6) is 0 Å². The average molecular weight is 273 g/mol. The molecule has 0 saturated heterocycles. The Bertz CT molecular complexity index is 379. The normalized spacial score (nSPS) is 10.5. The van der Waals surface area contributed by atoms with Gasteiger partial charge in [0.2, 0.25) is 17.7 Å². The Kier molecular flexibility index (Phi) is 6.53. The summed E-state index contributed by atoms with van der Waals surface area (Å²) in [6.45, 7) is 2.53. The van der Waals surface area contributed by atoms with Crippen LogP contribution in [0.1, 0.15) is 20.3 Å². The van der Waals surface area contributed by atoms with Crippen molar-refractivity contribution in [3.05, 3.63) is 0 Å². The van der Waals surface area contributed by atoms with Crippen LogP contribution in [0.3, 0.4) is 0 Å². The van der Waals surface area contributed by atoms with Gasteiger partial charge < -0.3 is 21.1 Å². The van der Waals surface area contributed by atoms with Gasteiger partial charge >= 0.3 is 5.97 Å². The number of ether oxygens (including phenoxy) is 1. The van der Waals surface area contributed by atoms with Gasteiger partial charge in [0.15, 0.2) is 0 Å². The minimum atomic E-state index is -0.989. The van der Waals surface area contributed by atoms with Crippen LogP contribution in [0.25, 0.3) is 0 Å². The van der Waals surface area contributed by atoms with Gasteiger partial charge in [0.25, 0.3) is 0 Å². The lowest BCUT2D eigenvalue weighted by atomic mass is 9.88. The molecule has 0 fully saturated rings. The largest absolute Gasteiger partial charge is 0.469 e. The van der Waals surface area contributed by atoms with Crippen LogP contribution < -0.4 is 16.4 Å². The third kappa shape index (κ3) is 7.02. The van der Waals surface area contributed by atoms with Gasteiger partial charge in [-0.25, -0.2) is 0 Å². The standard InChI is InChI=1S/C11H19N3O5/c1-11(2,4-9(17)19-3)10(18)14-6-8(16)13-5-7(12)15/h4-6H2,1-3H3,(H2,12,15)(H,13,16)(H,14,18). The van der Waals surface area contributed by atoms with Crippen molar-refractivity contribution in [3.63, 3.8) is 0 Å². The zero-order valence-electron chi connectivity index (χ0n) is 11.2. The summed E-state index contributed by atoms with van der Waals surface area (Å²) in [5, 5.41) is 4.59. The van der Waals surface area contributed by atoms with Crippen molar-refractivity contribution in [2.45, 2.75) is 20.3 Å². The molecule has 0 aliphatic heterocycles. The predicted molar refractivity (Wildman–Crippen MR) is 65.6 cm³/mol. The molecule has 0 saturated carbocycles. The maximum absolute atomic E-state index is 11.8. The Morgan fingerprint density at radius 1 is 1.11 bits per heavy atom. The van der Waals surface area contributed by atoms with Gasteiger partial charge in [-0.15, -0.1) is 0 Å². The monoisotopic (exact) mass is 273 g/mol. The van der Waals surface area contributed by atoms with Gasteiger partial charge in [0, 0.05) is 0 Å². The minimum absolute atomic E-state index is 0.0990. The van der Waals surface area contributed by atoms with Gasteiger partial charge in [-0.2, -0.15) is 0 Å². The number of primary amides is 1. The van der Waals surface area contributed by atoms with Crippen molar-refractivity contribution < 1.29 is 23.9 Å². The smallest absolute Gasteiger partial charge is 0.306 e. The Morgan fingerprint density at radius 2 is 1.68 bits per heavy atom. The molecule has 3 amide bonds. The topological polar surface area (TPSA) is 128 Å². The maximum atomic E-state index is 11.8. The Labute approximate surface area is 111 Å². The van der Waals surface area contributed by atoms with Crippen molar-refractivity contribution >= 4 is 23.7 Å². The van der Waals surface area contributed by atoms with Crippen LogP contribution in [-0.2, 0) is 23.9 Å². The maximum Gasteiger partial charge on any atom is 0.306 e. The first-order valence-electron chi connectivity index (χ1n) is 5.59. The molecule has 0 bridgehead atoms. The van der Waals surface area contributed by atoms with Gasteiger partial charge in [0.05, 0.1) is 32.0 Å². The Balaban J connectivity index is 4.19. The van der Waals surface area contributed by atoms with Crippen molar-refractivity contribution in [1.29, 1.82) is 0 Å². The predicted octanol–water partition coefficient (Wildman–Crippen LogP) is -1.71. The van der Waals surface area contributed by atoms with Crippen LogP contribution in [0.2, 0.25) is 0 Å². The zero-order chi connectivity index (χ0) is 15.1. The molecule has 0 aromatic rings. The summed E-state index contributed by atoms with van der Waals surface area (Å²) in [4.78, 5) is 44.5. The molecule has 8 heteroatoms. The highest BCUT2D eigenvalue weighted by atomic mass is 16.5. The van der Waals surface area contributed by atoms with Crippen LogP contribution >= 0.6 is 0 Å². The number of rotatable bonds is 7. The number of hydrogen-bond donors (Lipinski definition) is 3. The lowest BCUT2D eigenvalue weighted by Gasteiger charge is -2.21. The second-order valence-corrected chi connectivity index (χ2v) is 4.56. The zero-order valence-corrected chi connectivity index (χ0v) is 11.2. The van der Waals surface area contributed by atoms with E-state index < -0.39 is 29.1 Å². The highest BCUT2D eigenvalue weighted by Gasteiger charge is 2.31. The lowest BCUT2D eigenvalue weighted by molar-refractivity contribution is -0.147. The third-order valence-electron chi connectivity index (χ3n) is 2.30. The highest BCUT2D eigenvalue weighted by Crippen LogP contribution is 2.20. The number of amides is 3. The summed E-state index contributed by atoms with van der Waals surface area (Å²) in [6, 6.07) is 0. The molecule has 108 valence electrons. The number of nitrogens with two attached hydrogens (primary N) is 1. The Hall–Kier alpha value is -2.12. The van der Waals surface area contributed by atoms with Gasteiger partial charge in [-0.1, -0.05) is 13.8 Å². The number of nitrogens with one attached hydrogen (secondary N) is 2.